The van der Waals surface area contributed by atoms with Crippen molar-refractivity contribution >= 4 is 11.8 Å². The molecule has 5 nitrogen and oxygen atoms in total. The number of nitrogens with one attached hydrogen (secondary N) is 1. The summed E-state index contributed by atoms with van der Waals surface area (Å²) < 4.78 is 0. The summed E-state index contributed by atoms with van der Waals surface area (Å²) in [6.07, 6.45) is 8.25. The zero-order valence-corrected chi connectivity index (χ0v) is 16.5. The van der Waals surface area contributed by atoms with Crippen molar-refractivity contribution in [1.29, 1.82) is 0 Å². The first-order chi connectivity index (χ1) is 13.8. The standard InChI is InChI=1S/C23H30N4O/c1-2-14-27(17-13-20-9-5-3-6-10-20)23(28)25-19-21-11-12-22(24-18-21)26-15-7-4-8-16-26/h2-3,5-6,9-12,18H,1,4,7-8,13-17,19H2,(H,25,28). The van der Waals surface area contributed by atoms with E-state index in [9.17, 15) is 4.79 Å². The van der Waals surface area contributed by atoms with Crippen LogP contribution < -0.4 is 10.2 Å². The number of benzene rings is 1. The molecule has 1 fully saturated rings. The minimum absolute atomic E-state index is 0.0732. The van der Waals surface area contributed by atoms with Crippen molar-refractivity contribution in [3.63, 3.8) is 0 Å². The lowest BCUT2D eigenvalue weighted by Crippen LogP contribution is -2.40. The lowest BCUT2D eigenvalue weighted by atomic mass is 10.1. The maximum Gasteiger partial charge on any atom is 0.317 e. The normalized spacial score (nSPS) is 13.8. The minimum Gasteiger partial charge on any atom is -0.357 e. The molecule has 3 rings (SSSR count). The summed E-state index contributed by atoms with van der Waals surface area (Å²) in [5.74, 6) is 1.03. The molecule has 2 heterocycles. The van der Waals surface area contributed by atoms with Gasteiger partial charge >= 0.3 is 6.03 Å². The third-order valence-electron chi connectivity index (χ3n) is 5.08. The highest BCUT2D eigenvalue weighted by Crippen LogP contribution is 2.17. The Morgan fingerprint density at radius 3 is 2.57 bits per heavy atom. The van der Waals surface area contributed by atoms with Crippen molar-refractivity contribution in [2.24, 2.45) is 0 Å². The van der Waals surface area contributed by atoms with E-state index in [1.54, 1.807) is 11.0 Å². The molecule has 1 saturated heterocycles. The summed E-state index contributed by atoms with van der Waals surface area (Å²) in [7, 11) is 0. The van der Waals surface area contributed by atoms with Crippen LogP contribution in [0.3, 0.4) is 0 Å². The van der Waals surface area contributed by atoms with Gasteiger partial charge in [-0.1, -0.05) is 42.5 Å². The summed E-state index contributed by atoms with van der Waals surface area (Å²) in [5.41, 5.74) is 2.23. The summed E-state index contributed by atoms with van der Waals surface area (Å²) in [6.45, 7) is 7.61. The van der Waals surface area contributed by atoms with E-state index in [1.165, 1.54) is 24.8 Å². The first kappa shape index (κ1) is 19.9. The van der Waals surface area contributed by atoms with Crippen molar-refractivity contribution in [3.8, 4) is 0 Å². The number of amides is 2. The fraction of sp³-hybridized carbons (Fsp3) is 0.391. The zero-order valence-electron chi connectivity index (χ0n) is 16.5. The van der Waals surface area contributed by atoms with Gasteiger partial charge in [0.25, 0.3) is 0 Å². The molecule has 2 aromatic rings. The highest BCUT2D eigenvalue weighted by molar-refractivity contribution is 5.74. The first-order valence-corrected chi connectivity index (χ1v) is 10.1. The predicted octanol–water partition coefficient (Wildman–Crippen LogP) is 4.01. The summed E-state index contributed by atoms with van der Waals surface area (Å²) >= 11 is 0. The monoisotopic (exact) mass is 378 g/mol. The van der Waals surface area contributed by atoms with Crippen molar-refractivity contribution in [3.05, 3.63) is 72.4 Å². The largest absolute Gasteiger partial charge is 0.357 e. The molecule has 148 valence electrons. The zero-order chi connectivity index (χ0) is 19.6. The Kier molecular flexibility index (Phi) is 7.47. The molecule has 0 bridgehead atoms. The van der Waals surface area contributed by atoms with Gasteiger partial charge in [-0.3, -0.25) is 0 Å². The van der Waals surface area contributed by atoms with Crippen LogP contribution in [0.4, 0.5) is 10.6 Å². The van der Waals surface area contributed by atoms with E-state index < -0.39 is 0 Å². The van der Waals surface area contributed by atoms with Gasteiger partial charge in [-0.25, -0.2) is 9.78 Å². The molecule has 1 aromatic carbocycles. The molecule has 0 saturated carbocycles. The molecule has 1 aliphatic heterocycles. The lowest BCUT2D eigenvalue weighted by molar-refractivity contribution is 0.203. The molecule has 2 amide bonds. The molecule has 1 N–H and O–H groups in total. The Hall–Kier alpha value is -2.82. The van der Waals surface area contributed by atoms with Gasteiger partial charge in [-0.15, -0.1) is 6.58 Å². The van der Waals surface area contributed by atoms with E-state index in [0.717, 1.165) is 30.9 Å². The Labute approximate surface area is 168 Å². The van der Waals surface area contributed by atoms with Gasteiger partial charge < -0.3 is 15.1 Å². The van der Waals surface area contributed by atoms with Crippen LogP contribution in [0.15, 0.2) is 61.3 Å². The number of aromatic nitrogens is 1. The number of piperidine rings is 1. The van der Waals surface area contributed by atoms with E-state index in [1.807, 2.05) is 24.4 Å². The number of rotatable bonds is 8. The van der Waals surface area contributed by atoms with Crippen molar-refractivity contribution in [1.82, 2.24) is 15.2 Å². The number of carbonyl (C=O) groups excluding carboxylic acids is 1. The van der Waals surface area contributed by atoms with Crippen molar-refractivity contribution in [2.45, 2.75) is 32.2 Å². The highest BCUT2D eigenvalue weighted by Gasteiger charge is 2.13. The molecule has 1 aromatic heterocycles. The number of pyridine rings is 1. The smallest absolute Gasteiger partial charge is 0.317 e. The predicted molar refractivity (Wildman–Crippen MR) is 114 cm³/mol. The van der Waals surface area contributed by atoms with E-state index in [0.29, 0.717) is 19.6 Å². The Morgan fingerprint density at radius 1 is 1.11 bits per heavy atom. The van der Waals surface area contributed by atoms with Crippen LogP contribution in [0.2, 0.25) is 0 Å². The molecule has 5 heteroatoms. The van der Waals surface area contributed by atoms with Crippen LogP contribution in [0.5, 0.6) is 0 Å². The fourth-order valence-electron chi connectivity index (χ4n) is 3.46. The summed E-state index contributed by atoms with van der Waals surface area (Å²) in [5, 5.41) is 3.00. The van der Waals surface area contributed by atoms with Gasteiger partial charge in [-0.2, -0.15) is 0 Å². The molecule has 0 atom stereocenters. The molecule has 1 aliphatic rings. The second-order valence-electron chi connectivity index (χ2n) is 7.20. The topological polar surface area (TPSA) is 48.5 Å². The Morgan fingerprint density at radius 2 is 1.89 bits per heavy atom. The highest BCUT2D eigenvalue weighted by atomic mass is 16.2. The third-order valence-corrected chi connectivity index (χ3v) is 5.08. The maximum atomic E-state index is 12.6. The van der Waals surface area contributed by atoms with Gasteiger partial charge in [0.15, 0.2) is 0 Å². The van der Waals surface area contributed by atoms with Crippen molar-refractivity contribution < 1.29 is 4.79 Å². The number of hydrogen-bond donors (Lipinski definition) is 1. The molecule has 28 heavy (non-hydrogen) atoms. The SMILES string of the molecule is C=CCN(CCc1ccccc1)C(=O)NCc1ccc(N2CCCCC2)nc1. The Balaban J connectivity index is 1.49. The van der Waals surface area contributed by atoms with E-state index in [4.69, 9.17) is 0 Å². The third kappa shape index (κ3) is 5.84. The lowest BCUT2D eigenvalue weighted by Gasteiger charge is -2.27. The number of anilines is 1. The first-order valence-electron chi connectivity index (χ1n) is 10.1. The van der Waals surface area contributed by atoms with Gasteiger partial charge in [0, 0.05) is 38.9 Å². The van der Waals surface area contributed by atoms with Crippen molar-refractivity contribution in [2.75, 3.05) is 31.1 Å². The van der Waals surface area contributed by atoms with Gasteiger partial charge in [0.05, 0.1) is 0 Å². The molecular formula is C23H30N4O. The minimum atomic E-state index is -0.0732. The van der Waals surface area contributed by atoms with Gasteiger partial charge in [-0.05, 0) is 42.9 Å². The number of carbonyl (C=O) groups is 1. The summed E-state index contributed by atoms with van der Waals surface area (Å²) in [4.78, 5) is 21.3. The quantitative estimate of drug-likeness (QED) is 0.706. The van der Waals surface area contributed by atoms with Gasteiger partial charge in [0.1, 0.15) is 5.82 Å². The van der Waals surface area contributed by atoms with Crippen LogP contribution in [0.1, 0.15) is 30.4 Å². The molecule has 0 radical (unpaired) electrons. The van der Waals surface area contributed by atoms with Crippen LogP contribution in [0.25, 0.3) is 0 Å². The molecular weight excluding hydrogens is 348 g/mol. The molecule has 0 spiro atoms. The second-order valence-corrected chi connectivity index (χ2v) is 7.20. The van der Waals surface area contributed by atoms with Crippen LogP contribution in [-0.4, -0.2) is 42.1 Å². The second kappa shape index (κ2) is 10.5. The Bertz CT molecular complexity index is 739. The van der Waals surface area contributed by atoms with Crippen LogP contribution in [-0.2, 0) is 13.0 Å². The van der Waals surface area contributed by atoms with E-state index in [-0.39, 0.29) is 6.03 Å². The number of urea groups is 1. The fourth-order valence-corrected chi connectivity index (χ4v) is 3.46. The van der Waals surface area contributed by atoms with Crippen LogP contribution >= 0.6 is 0 Å². The summed E-state index contributed by atoms with van der Waals surface area (Å²) in [6, 6.07) is 14.3. The number of nitrogens with zero attached hydrogens (tertiary/aromatic N) is 3. The van der Waals surface area contributed by atoms with E-state index >= 15 is 0 Å². The number of hydrogen-bond acceptors (Lipinski definition) is 3. The van der Waals surface area contributed by atoms with Gasteiger partial charge in [0.2, 0.25) is 0 Å². The van der Waals surface area contributed by atoms with E-state index in [2.05, 4.69) is 46.0 Å². The average molecular weight is 379 g/mol. The average Bonchev–Trinajstić information content (AvgIpc) is 2.76. The molecule has 0 aliphatic carbocycles. The van der Waals surface area contributed by atoms with Crippen LogP contribution in [0, 0.1) is 0 Å². The molecule has 0 unspecified atom stereocenters. The maximum absolute atomic E-state index is 12.6.